The molecular weight excluding hydrogens is 469 g/mol. The molecule has 9 heteroatoms. The Morgan fingerprint density at radius 1 is 1.20 bits per heavy atom. The number of fused-ring (bicyclic) bond motifs is 1. The van der Waals surface area contributed by atoms with Crippen molar-refractivity contribution in [1.29, 1.82) is 0 Å². The first kappa shape index (κ1) is 23.5. The maximum atomic E-state index is 15.6. The number of anilines is 1. The highest BCUT2D eigenvalue weighted by atomic mass is 35.5. The van der Waals surface area contributed by atoms with E-state index in [1.54, 1.807) is 18.5 Å². The monoisotopic (exact) mass is 495 g/mol. The molecule has 1 aliphatic rings. The van der Waals surface area contributed by atoms with Crippen molar-refractivity contribution in [3.8, 4) is 11.1 Å². The fraction of sp³-hybridized carbons (Fsp3) is 0.308. The maximum Gasteiger partial charge on any atom is 0.251 e. The SMILES string of the molecule is CN(C)C[C@H](c1cccc(Cl)c1)n1cc(F)c(-c2c[nH]c3ncc(N4CCOCC4)cc23)cc1=O. The average Bonchev–Trinajstić information content (AvgIpc) is 3.27. The summed E-state index contributed by atoms with van der Waals surface area (Å²) in [5.41, 5.74) is 2.99. The predicted molar refractivity (Wildman–Crippen MR) is 137 cm³/mol. The molecule has 1 aromatic carbocycles. The molecule has 0 amide bonds. The smallest absolute Gasteiger partial charge is 0.251 e. The van der Waals surface area contributed by atoms with E-state index in [2.05, 4.69) is 14.9 Å². The van der Waals surface area contributed by atoms with E-state index in [4.69, 9.17) is 16.3 Å². The van der Waals surface area contributed by atoms with Crippen molar-refractivity contribution in [2.45, 2.75) is 6.04 Å². The zero-order valence-corrected chi connectivity index (χ0v) is 20.4. The number of aromatic nitrogens is 3. The molecule has 1 atom stereocenters. The number of rotatable bonds is 6. The van der Waals surface area contributed by atoms with E-state index in [1.807, 2.05) is 43.3 Å². The van der Waals surface area contributed by atoms with Crippen molar-refractivity contribution in [2.75, 3.05) is 51.8 Å². The number of nitrogens with one attached hydrogen (secondary N) is 1. The van der Waals surface area contributed by atoms with Crippen LogP contribution < -0.4 is 10.5 Å². The van der Waals surface area contributed by atoms with Crippen molar-refractivity contribution in [2.24, 2.45) is 0 Å². The molecule has 0 spiro atoms. The van der Waals surface area contributed by atoms with Crippen LogP contribution in [0.3, 0.4) is 0 Å². The molecular formula is C26H27ClFN5O2. The average molecular weight is 496 g/mol. The van der Waals surface area contributed by atoms with Crippen LogP contribution in [-0.4, -0.2) is 66.4 Å². The molecule has 0 saturated carbocycles. The first-order valence-corrected chi connectivity index (χ1v) is 11.9. The number of morpholine rings is 1. The van der Waals surface area contributed by atoms with Crippen molar-refractivity contribution < 1.29 is 9.13 Å². The number of hydrogen-bond donors (Lipinski definition) is 1. The van der Waals surface area contributed by atoms with Gasteiger partial charge in [0.25, 0.3) is 5.56 Å². The van der Waals surface area contributed by atoms with Gasteiger partial charge in [-0.05, 0) is 37.9 Å². The van der Waals surface area contributed by atoms with Gasteiger partial charge in [-0.2, -0.15) is 0 Å². The Balaban J connectivity index is 1.57. The third-order valence-corrected chi connectivity index (χ3v) is 6.56. The lowest BCUT2D eigenvalue weighted by Crippen LogP contribution is -2.36. The molecule has 3 aromatic heterocycles. The van der Waals surface area contributed by atoms with Crippen molar-refractivity contribution in [3.05, 3.63) is 81.7 Å². The standard InChI is InChI=1S/C26H27ClFN5O2/c1-31(2)16-24(17-4-3-5-18(27)10-17)33-15-23(28)20(12-25(33)34)22-14-30-26-21(22)11-19(13-29-26)32-6-8-35-9-7-32/h3-5,10-15,24H,6-9,16H2,1-2H3,(H,29,30)/t24-/m1/s1. The molecule has 5 rings (SSSR count). The van der Waals surface area contributed by atoms with Gasteiger partial charge in [0.1, 0.15) is 11.5 Å². The molecule has 0 radical (unpaired) electrons. The number of aromatic amines is 1. The molecule has 4 aromatic rings. The number of benzene rings is 1. The lowest BCUT2D eigenvalue weighted by Gasteiger charge is -2.28. The van der Waals surface area contributed by atoms with Gasteiger partial charge in [0, 0.05) is 59.6 Å². The molecule has 7 nitrogen and oxygen atoms in total. The third kappa shape index (κ3) is 4.82. The Morgan fingerprint density at radius 3 is 2.74 bits per heavy atom. The minimum atomic E-state index is -0.479. The second kappa shape index (κ2) is 9.81. The Labute approximate surface area is 207 Å². The van der Waals surface area contributed by atoms with E-state index in [0.717, 1.165) is 29.7 Å². The summed E-state index contributed by atoms with van der Waals surface area (Å²) in [6.45, 7) is 3.37. The van der Waals surface area contributed by atoms with Gasteiger partial charge in [-0.3, -0.25) is 4.79 Å². The lowest BCUT2D eigenvalue weighted by molar-refractivity contribution is 0.122. The van der Waals surface area contributed by atoms with Gasteiger partial charge < -0.3 is 24.1 Å². The Morgan fingerprint density at radius 2 is 2.00 bits per heavy atom. The molecule has 0 unspecified atom stereocenters. The van der Waals surface area contributed by atoms with Crippen molar-refractivity contribution >= 4 is 28.3 Å². The van der Waals surface area contributed by atoms with Gasteiger partial charge in [-0.15, -0.1) is 0 Å². The van der Waals surface area contributed by atoms with E-state index >= 15 is 4.39 Å². The molecule has 0 bridgehead atoms. The van der Waals surface area contributed by atoms with Gasteiger partial charge in [0.05, 0.1) is 31.1 Å². The molecule has 35 heavy (non-hydrogen) atoms. The topological polar surface area (TPSA) is 66.4 Å². The fourth-order valence-corrected chi connectivity index (χ4v) is 4.79. The van der Waals surface area contributed by atoms with Crippen LogP contribution in [0.4, 0.5) is 10.1 Å². The maximum absolute atomic E-state index is 15.6. The lowest BCUT2D eigenvalue weighted by atomic mass is 10.0. The highest BCUT2D eigenvalue weighted by Gasteiger charge is 2.21. The Hall–Kier alpha value is -3.20. The third-order valence-electron chi connectivity index (χ3n) is 6.32. The summed E-state index contributed by atoms with van der Waals surface area (Å²) < 4.78 is 22.5. The number of pyridine rings is 2. The number of halogens is 2. The quantitative estimate of drug-likeness (QED) is 0.435. The van der Waals surface area contributed by atoms with Gasteiger partial charge in [0.2, 0.25) is 0 Å². The van der Waals surface area contributed by atoms with Gasteiger partial charge in [-0.1, -0.05) is 23.7 Å². The molecule has 4 heterocycles. The van der Waals surface area contributed by atoms with Gasteiger partial charge in [-0.25, -0.2) is 9.37 Å². The second-order valence-electron chi connectivity index (χ2n) is 9.01. The Bertz CT molecular complexity index is 1410. The predicted octanol–water partition coefficient (Wildman–Crippen LogP) is 4.17. The number of nitrogens with zero attached hydrogens (tertiary/aromatic N) is 4. The van der Waals surface area contributed by atoms with Crippen molar-refractivity contribution in [3.63, 3.8) is 0 Å². The van der Waals surface area contributed by atoms with E-state index in [0.29, 0.717) is 36.0 Å². The van der Waals surface area contributed by atoms with E-state index in [1.165, 1.54) is 16.8 Å². The number of H-pyrrole nitrogens is 1. The first-order valence-electron chi connectivity index (χ1n) is 11.5. The highest BCUT2D eigenvalue weighted by Crippen LogP contribution is 2.32. The fourth-order valence-electron chi connectivity index (χ4n) is 4.60. The largest absolute Gasteiger partial charge is 0.378 e. The van der Waals surface area contributed by atoms with Crippen molar-refractivity contribution in [1.82, 2.24) is 19.4 Å². The second-order valence-corrected chi connectivity index (χ2v) is 9.44. The number of hydrogen-bond acceptors (Lipinski definition) is 5. The summed E-state index contributed by atoms with van der Waals surface area (Å²) in [5.74, 6) is -0.479. The minimum Gasteiger partial charge on any atom is -0.378 e. The molecule has 1 aliphatic heterocycles. The summed E-state index contributed by atoms with van der Waals surface area (Å²) in [6.07, 6.45) is 4.81. The molecule has 1 saturated heterocycles. The van der Waals surface area contributed by atoms with Crippen LogP contribution in [0.15, 0.2) is 59.8 Å². The van der Waals surface area contributed by atoms with Crippen LogP contribution in [0.5, 0.6) is 0 Å². The number of ether oxygens (including phenoxy) is 1. The van der Waals surface area contributed by atoms with Crippen LogP contribution in [0.25, 0.3) is 22.2 Å². The summed E-state index contributed by atoms with van der Waals surface area (Å²) in [5, 5.41) is 1.34. The van der Waals surface area contributed by atoms with Crippen LogP contribution in [0.1, 0.15) is 11.6 Å². The normalized spacial score (nSPS) is 15.2. The van der Waals surface area contributed by atoms with Gasteiger partial charge in [0.15, 0.2) is 0 Å². The summed E-state index contributed by atoms with van der Waals surface area (Å²) in [6, 6.07) is 10.3. The van der Waals surface area contributed by atoms with Gasteiger partial charge >= 0.3 is 0 Å². The van der Waals surface area contributed by atoms with Crippen LogP contribution in [0, 0.1) is 5.82 Å². The summed E-state index contributed by atoms with van der Waals surface area (Å²) in [4.78, 5) is 25.1. The first-order chi connectivity index (χ1) is 16.9. The van der Waals surface area contributed by atoms with E-state index in [9.17, 15) is 4.79 Å². The molecule has 1 fully saturated rings. The van der Waals surface area contributed by atoms with Crippen LogP contribution >= 0.6 is 11.6 Å². The Kier molecular flexibility index (Phi) is 6.60. The number of likely N-dealkylation sites (N-methyl/N-ethyl adjacent to an activating group) is 1. The summed E-state index contributed by atoms with van der Waals surface area (Å²) >= 11 is 6.21. The van der Waals surface area contributed by atoms with E-state index in [-0.39, 0.29) is 11.1 Å². The van der Waals surface area contributed by atoms with Crippen LogP contribution in [0.2, 0.25) is 5.02 Å². The molecule has 0 aliphatic carbocycles. The zero-order chi connectivity index (χ0) is 24.5. The van der Waals surface area contributed by atoms with E-state index < -0.39 is 11.9 Å². The summed E-state index contributed by atoms with van der Waals surface area (Å²) in [7, 11) is 3.83. The highest BCUT2D eigenvalue weighted by molar-refractivity contribution is 6.30. The molecule has 1 N–H and O–H groups in total. The zero-order valence-electron chi connectivity index (χ0n) is 19.7. The molecule has 182 valence electrons. The minimum absolute atomic E-state index is 0.244. The van der Waals surface area contributed by atoms with Crippen LogP contribution in [-0.2, 0) is 4.74 Å².